The van der Waals surface area contributed by atoms with Gasteiger partial charge in [-0.3, -0.25) is 0 Å². The molecule has 4 rings (SSSR count). The van der Waals surface area contributed by atoms with Crippen LogP contribution in [0.15, 0.2) is 97.1 Å². The van der Waals surface area contributed by atoms with Crippen molar-refractivity contribution in [1.29, 1.82) is 0 Å². The first-order valence-corrected chi connectivity index (χ1v) is 12.9. The molecular weight excluding hydrogens is 492 g/mol. The molecule has 4 aromatic carbocycles. The molecule has 0 saturated carbocycles. The van der Waals surface area contributed by atoms with Crippen LogP contribution in [0.2, 0.25) is 0 Å². The molecule has 8 nitrogen and oxygen atoms in total. The zero-order valence-corrected chi connectivity index (χ0v) is 20.0. The van der Waals surface area contributed by atoms with E-state index in [4.69, 9.17) is 0 Å². The quantitative estimate of drug-likeness (QED) is 0.175. The Bertz CT molecular complexity index is 1250. The van der Waals surface area contributed by atoms with Crippen LogP contribution >= 0.6 is 0 Å². The maximum absolute atomic E-state index is 11.4. The highest BCUT2D eigenvalue weighted by molar-refractivity contribution is 7.19. The number of hydrogen-bond donors (Lipinski definition) is 0. The monoisotopic (exact) mass is 508 g/mol. The van der Waals surface area contributed by atoms with Gasteiger partial charge in [-0.05, 0) is 43.0 Å². The van der Waals surface area contributed by atoms with Crippen LogP contribution in [0.1, 0.15) is 41.4 Å². The van der Waals surface area contributed by atoms with Gasteiger partial charge in [0.25, 0.3) is 0 Å². The number of carboxylic acid groups (broad SMARTS) is 4. The number of benzene rings is 4. The van der Waals surface area contributed by atoms with E-state index in [1.54, 1.807) is 48.5 Å². The van der Waals surface area contributed by atoms with E-state index < -0.39 is 32.0 Å². The molecule has 4 aromatic rings. The van der Waals surface area contributed by atoms with Crippen LogP contribution in [-0.4, -0.2) is 32.0 Å². The van der Waals surface area contributed by atoms with Crippen molar-refractivity contribution < 1.29 is 39.6 Å². The summed E-state index contributed by atoms with van der Waals surface area (Å²) in [6.07, 6.45) is 0. The topological polar surface area (TPSA) is 161 Å². The molecule has 0 radical (unpaired) electrons. The van der Waals surface area contributed by atoms with Gasteiger partial charge in [-0.25, -0.2) is 0 Å². The summed E-state index contributed by atoms with van der Waals surface area (Å²) in [6, 6.07) is 24.0. The summed E-state index contributed by atoms with van der Waals surface area (Å²) in [7, 11) is -3.38. The van der Waals surface area contributed by atoms with Crippen LogP contribution in [0.25, 0.3) is 0 Å². The number of aromatic carboxylic acids is 4. The van der Waals surface area contributed by atoms with Gasteiger partial charge in [-0.2, -0.15) is 0 Å². The van der Waals surface area contributed by atoms with Crippen molar-refractivity contribution in [3.63, 3.8) is 0 Å². The number of rotatable bonds is 8. The largest absolute Gasteiger partial charge is 0.545 e. The Kier molecular flexibility index (Phi) is 6.72. The Morgan fingerprint density at radius 3 is 0.649 bits per heavy atom. The van der Waals surface area contributed by atoms with E-state index >= 15 is 0 Å². The first kappa shape index (κ1) is 25.1. The van der Waals surface area contributed by atoms with Crippen LogP contribution < -0.4 is 41.2 Å². The standard InChI is InChI=1S/C28H20O8Si/c29-25(30)17-1-9-21(10-2-17)37(22-11-3-18(4-12-22)26(31)32,23-13-5-19(6-14-23)27(33)34)24-15-7-20(8-16-24)28(35)36/h1-16H,(H,29,30)(H,31,32)(H,33,34)(H,35,36)/p-4. The summed E-state index contributed by atoms with van der Waals surface area (Å²) in [5, 5.41) is 48.2. The van der Waals surface area contributed by atoms with Crippen LogP contribution in [0.3, 0.4) is 0 Å². The number of carbonyl (C=O) groups is 4. The van der Waals surface area contributed by atoms with Gasteiger partial charge < -0.3 is 39.6 Å². The molecule has 0 N–H and O–H groups in total. The maximum atomic E-state index is 11.4. The third kappa shape index (κ3) is 4.63. The van der Waals surface area contributed by atoms with Crippen LogP contribution in [0, 0.1) is 0 Å². The minimum Gasteiger partial charge on any atom is -0.545 e. The first-order chi connectivity index (χ1) is 17.6. The Labute approximate surface area is 211 Å². The predicted octanol–water partition coefficient (Wildman–Crippen LogP) is -3.48. The molecule has 0 spiro atoms. The average molecular weight is 509 g/mol. The Hall–Kier alpha value is -5.02. The molecule has 0 aliphatic carbocycles. The smallest absolute Gasteiger partial charge is 0.179 e. The van der Waals surface area contributed by atoms with E-state index in [1.807, 2.05) is 0 Å². The van der Waals surface area contributed by atoms with Gasteiger partial charge in [0.1, 0.15) is 0 Å². The third-order valence-electron chi connectivity index (χ3n) is 6.21. The van der Waals surface area contributed by atoms with Gasteiger partial charge in [0.2, 0.25) is 0 Å². The van der Waals surface area contributed by atoms with E-state index in [9.17, 15) is 39.6 Å². The zero-order chi connectivity index (χ0) is 26.7. The van der Waals surface area contributed by atoms with Crippen LogP contribution in [0.4, 0.5) is 0 Å². The number of carboxylic acids is 4. The number of hydrogen-bond acceptors (Lipinski definition) is 8. The fraction of sp³-hybridized carbons (Fsp3) is 0. The van der Waals surface area contributed by atoms with Gasteiger partial charge in [-0.1, -0.05) is 97.1 Å². The molecule has 0 amide bonds. The summed E-state index contributed by atoms with van der Waals surface area (Å²) in [6.45, 7) is 0. The lowest BCUT2D eigenvalue weighted by Crippen LogP contribution is -2.74. The maximum Gasteiger partial charge on any atom is 0.179 e. The molecule has 184 valence electrons. The van der Waals surface area contributed by atoms with E-state index in [0.29, 0.717) is 20.7 Å². The first-order valence-electron chi connectivity index (χ1n) is 10.9. The summed E-state index contributed by atoms with van der Waals surface area (Å²) < 4.78 is 0. The van der Waals surface area contributed by atoms with Crippen molar-refractivity contribution in [1.82, 2.24) is 0 Å². The summed E-state index contributed by atoms with van der Waals surface area (Å²) >= 11 is 0. The second kappa shape index (κ2) is 9.92. The van der Waals surface area contributed by atoms with Crippen molar-refractivity contribution in [2.45, 2.75) is 0 Å². The highest BCUT2D eigenvalue weighted by Crippen LogP contribution is 2.13. The molecule has 0 unspecified atom stereocenters. The lowest BCUT2D eigenvalue weighted by molar-refractivity contribution is -0.256. The van der Waals surface area contributed by atoms with E-state index in [-0.39, 0.29) is 22.3 Å². The van der Waals surface area contributed by atoms with Crippen LogP contribution in [-0.2, 0) is 0 Å². The molecule has 0 fully saturated rings. The molecule has 0 atom stereocenters. The van der Waals surface area contributed by atoms with Crippen molar-refractivity contribution in [2.24, 2.45) is 0 Å². The Balaban J connectivity index is 2.09. The molecule has 0 bridgehead atoms. The molecule has 0 aliphatic heterocycles. The fourth-order valence-electron chi connectivity index (χ4n) is 4.43. The van der Waals surface area contributed by atoms with E-state index in [1.165, 1.54) is 48.5 Å². The van der Waals surface area contributed by atoms with Gasteiger partial charge in [0.15, 0.2) is 8.07 Å². The minimum absolute atomic E-state index is 0.0569. The van der Waals surface area contributed by atoms with Crippen molar-refractivity contribution in [2.75, 3.05) is 0 Å². The molecule has 0 heterocycles. The summed E-state index contributed by atoms with van der Waals surface area (Å²) in [4.78, 5) is 45.6. The molecule has 0 aromatic heterocycles. The highest BCUT2D eigenvalue weighted by Gasteiger charge is 2.41. The average Bonchev–Trinajstić information content (AvgIpc) is 2.90. The lowest BCUT2D eigenvalue weighted by Gasteiger charge is -2.35. The molecule has 9 heteroatoms. The Morgan fingerprint density at radius 2 is 0.514 bits per heavy atom. The molecule has 0 aliphatic rings. The van der Waals surface area contributed by atoms with Crippen molar-refractivity contribution in [3.05, 3.63) is 119 Å². The molecule has 0 saturated heterocycles. The van der Waals surface area contributed by atoms with Gasteiger partial charge in [-0.15, -0.1) is 0 Å². The SMILES string of the molecule is O=C([O-])c1ccc([Si](c2ccc(C(=O)[O-])cc2)(c2ccc(C(=O)[O-])cc2)c2ccc(C(=O)[O-])cc2)cc1. The zero-order valence-electron chi connectivity index (χ0n) is 19.0. The van der Waals surface area contributed by atoms with Crippen molar-refractivity contribution in [3.8, 4) is 0 Å². The fourth-order valence-corrected chi connectivity index (χ4v) is 9.09. The molecule has 37 heavy (non-hydrogen) atoms. The predicted molar refractivity (Wildman–Crippen MR) is 127 cm³/mol. The lowest BCUT2D eigenvalue weighted by atomic mass is 10.2. The summed E-state index contributed by atoms with van der Waals surface area (Å²) in [5.41, 5.74) is -0.228. The highest BCUT2D eigenvalue weighted by atomic mass is 28.3. The molecular formula is C28H16O8Si-4. The van der Waals surface area contributed by atoms with Crippen molar-refractivity contribution >= 4 is 52.7 Å². The normalized spacial score (nSPS) is 11.0. The van der Waals surface area contributed by atoms with E-state index in [0.717, 1.165) is 0 Å². The second-order valence-electron chi connectivity index (χ2n) is 8.21. The summed E-state index contributed by atoms with van der Waals surface area (Å²) in [5.74, 6) is -5.47. The van der Waals surface area contributed by atoms with Gasteiger partial charge >= 0.3 is 0 Å². The minimum atomic E-state index is -3.38. The second-order valence-corrected chi connectivity index (χ2v) is 12.0. The Morgan fingerprint density at radius 1 is 0.351 bits per heavy atom. The third-order valence-corrected chi connectivity index (χ3v) is 11.0. The van der Waals surface area contributed by atoms with E-state index in [2.05, 4.69) is 0 Å². The van der Waals surface area contributed by atoms with Crippen LogP contribution in [0.5, 0.6) is 0 Å². The van der Waals surface area contributed by atoms with Gasteiger partial charge in [0, 0.05) is 0 Å². The van der Waals surface area contributed by atoms with Gasteiger partial charge in [0.05, 0.1) is 23.9 Å². The number of carbonyl (C=O) groups excluding carboxylic acids is 4.